The van der Waals surface area contributed by atoms with Gasteiger partial charge in [-0.1, -0.05) is 36.0 Å². The number of thioether (sulfide) groups is 1. The largest absolute Gasteiger partial charge is 0.394 e. The van der Waals surface area contributed by atoms with Gasteiger partial charge in [-0.3, -0.25) is 0 Å². The lowest BCUT2D eigenvalue weighted by molar-refractivity contribution is -0.0629. The van der Waals surface area contributed by atoms with Gasteiger partial charge in [0.2, 0.25) is 0 Å². The topological polar surface area (TPSA) is 138 Å². The van der Waals surface area contributed by atoms with Gasteiger partial charge < -0.3 is 25.4 Å². The molecule has 1 aromatic carbocycles. The molecule has 6 atom stereocenters. The number of fused-ring (bicyclic) bond motifs is 1. The van der Waals surface area contributed by atoms with Gasteiger partial charge in [-0.15, -0.1) is 5.10 Å². The van der Waals surface area contributed by atoms with Crippen LogP contribution in [-0.4, -0.2) is 83.6 Å². The highest BCUT2D eigenvalue weighted by Crippen LogP contribution is 2.44. The summed E-state index contributed by atoms with van der Waals surface area (Å²) >= 11 is 0.753. The standard InChI is InChI=1S/C24H31FN6O4S/c1-3-8-36-24-27-22(26-16-10-14(16)13-5-4-12(2)15(25)9-13)19-23(28-24)31(30-29-19)17-11-18(35-7-6-32)21(34)20(17)33/h4-5,9,14,16-18,20-21,32-34H,3,6-8,10-11H2,1-2H3,(H,26,27,28)/t14-,16+,17+,18-,20-,21+/m0/s1/i4D,5D,8D2,9D,14D. The maximum atomic E-state index is 14.7. The molecule has 0 unspecified atom stereocenters. The summed E-state index contributed by atoms with van der Waals surface area (Å²) in [6, 6.07) is -2.97. The minimum absolute atomic E-state index is 0.00920. The number of halogens is 1. The lowest BCUT2D eigenvalue weighted by Crippen LogP contribution is -2.33. The molecule has 2 heterocycles. The minimum Gasteiger partial charge on any atom is -0.394 e. The average Bonchev–Trinajstić information content (AvgIpc) is 3.25. The van der Waals surface area contributed by atoms with Crippen LogP contribution in [0, 0.1) is 12.7 Å². The second-order valence-electron chi connectivity index (χ2n) is 8.69. The molecule has 0 bridgehead atoms. The number of rotatable bonds is 10. The predicted molar refractivity (Wildman–Crippen MR) is 133 cm³/mol. The van der Waals surface area contributed by atoms with E-state index < -0.39 is 59.9 Å². The summed E-state index contributed by atoms with van der Waals surface area (Å²) < 4.78 is 71.4. The molecule has 0 radical (unpaired) electrons. The van der Waals surface area contributed by atoms with Crippen LogP contribution in [0.25, 0.3) is 11.2 Å². The monoisotopic (exact) mass is 524 g/mol. The lowest BCUT2D eigenvalue weighted by Gasteiger charge is -2.17. The summed E-state index contributed by atoms with van der Waals surface area (Å²) in [6.07, 6.45) is -3.03. The first-order valence-corrected chi connectivity index (χ1v) is 12.5. The fraction of sp³-hybridized carbons (Fsp3) is 0.583. The first kappa shape index (κ1) is 18.8. The minimum atomic E-state index is -1.74. The van der Waals surface area contributed by atoms with Crippen LogP contribution in [0.5, 0.6) is 0 Å². The molecular formula is C24H31FN6O4S. The highest BCUT2D eigenvalue weighted by atomic mass is 32.2. The number of aliphatic hydroxyl groups is 3. The molecule has 10 nitrogen and oxygen atoms in total. The first-order valence-electron chi connectivity index (χ1n) is 14.7. The van der Waals surface area contributed by atoms with Crippen molar-refractivity contribution in [1.82, 2.24) is 25.0 Å². The van der Waals surface area contributed by atoms with Crippen LogP contribution in [0.15, 0.2) is 23.3 Å². The van der Waals surface area contributed by atoms with Crippen molar-refractivity contribution in [1.29, 1.82) is 0 Å². The number of ether oxygens (including phenoxy) is 1. The molecule has 4 N–H and O–H groups in total. The Morgan fingerprint density at radius 2 is 2.17 bits per heavy atom. The first-order chi connectivity index (χ1) is 19.7. The van der Waals surface area contributed by atoms with E-state index in [-0.39, 0.29) is 71.8 Å². The molecule has 0 saturated heterocycles. The zero-order chi connectivity index (χ0) is 30.7. The van der Waals surface area contributed by atoms with Gasteiger partial charge in [-0.2, -0.15) is 0 Å². The van der Waals surface area contributed by atoms with Gasteiger partial charge in [0.15, 0.2) is 22.1 Å². The highest BCUT2D eigenvalue weighted by molar-refractivity contribution is 7.99. The lowest BCUT2D eigenvalue weighted by atomic mass is 10.1. The SMILES string of the molecule is [2H]c1c([2H])c([C@]2([2H])C[C@H]2Nc2nc(SC([2H])([2H])CC)nc3c2nnn3[C@@H]2C[C@H](OCCO)[C@@H](O)[C@H]2O)c([2H])c(F)c1C. The summed E-state index contributed by atoms with van der Waals surface area (Å²) in [5.74, 6) is -2.48. The van der Waals surface area contributed by atoms with Crippen molar-refractivity contribution in [3.63, 3.8) is 0 Å². The van der Waals surface area contributed by atoms with Crippen molar-refractivity contribution in [2.24, 2.45) is 0 Å². The molecule has 2 aliphatic carbocycles. The second-order valence-corrected chi connectivity index (χ2v) is 9.55. The number of hydrogen-bond donors (Lipinski definition) is 4. The van der Waals surface area contributed by atoms with Crippen molar-refractivity contribution >= 4 is 28.7 Å². The van der Waals surface area contributed by atoms with E-state index in [1.165, 1.54) is 11.6 Å². The van der Waals surface area contributed by atoms with Crippen LogP contribution in [0.3, 0.4) is 0 Å². The van der Waals surface area contributed by atoms with Crippen LogP contribution in [-0.2, 0) is 4.74 Å². The Morgan fingerprint density at radius 1 is 1.33 bits per heavy atom. The molecule has 0 amide bonds. The van der Waals surface area contributed by atoms with Gasteiger partial charge in [0, 0.05) is 28.2 Å². The Kier molecular flexibility index (Phi) is 5.51. The van der Waals surface area contributed by atoms with Gasteiger partial charge in [-0.05, 0) is 36.9 Å². The molecule has 2 aliphatic rings. The third-order valence-electron chi connectivity index (χ3n) is 6.20. The zero-order valence-corrected chi connectivity index (χ0v) is 20.5. The Labute approximate surface area is 220 Å². The number of anilines is 1. The zero-order valence-electron chi connectivity index (χ0n) is 25.7. The molecule has 36 heavy (non-hydrogen) atoms. The number of nitrogens with zero attached hydrogens (tertiary/aromatic N) is 5. The number of benzene rings is 1. The molecule has 5 rings (SSSR count). The van der Waals surface area contributed by atoms with E-state index in [2.05, 4.69) is 25.6 Å². The van der Waals surface area contributed by atoms with Gasteiger partial charge in [0.25, 0.3) is 0 Å². The van der Waals surface area contributed by atoms with E-state index in [4.69, 9.17) is 18.1 Å². The molecular weight excluding hydrogens is 487 g/mol. The second kappa shape index (κ2) is 10.5. The maximum Gasteiger partial charge on any atom is 0.191 e. The molecule has 194 valence electrons. The summed E-state index contributed by atoms with van der Waals surface area (Å²) in [4.78, 5) is 8.89. The van der Waals surface area contributed by atoms with E-state index in [1.54, 1.807) is 6.92 Å². The van der Waals surface area contributed by atoms with Crippen LogP contribution >= 0.6 is 11.8 Å². The van der Waals surface area contributed by atoms with Crippen molar-refractivity contribution in [2.45, 2.75) is 74.6 Å². The normalized spacial score (nSPS) is 32.4. The van der Waals surface area contributed by atoms with E-state index in [0.717, 1.165) is 11.8 Å². The Hall–Kier alpha value is -2.38. The van der Waals surface area contributed by atoms with Crippen LogP contribution in [0.1, 0.15) is 57.5 Å². The highest BCUT2D eigenvalue weighted by Gasteiger charge is 2.45. The number of aliphatic hydroxyl groups excluding tert-OH is 3. The van der Waals surface area contributed by atoms with Gasteiger partial charge >= 0.3 is 0 Å². The molecule has 0 spiro atoms. The molecule has 2 fully saturated rings. The smallest absolute Gasteiger partial charge is 0.191 e. The molecule has 3 aromatic rings. The molecule has 2 aromatic heterocycles. The third-order valence-corrected chi connectivity index (χ3v) is 7.00. The fourth-order valence-electron chi connectivity index (χ4n) is 4.24. The summed E-state index contributed by atoms with van der Waals surface area (Å²) in [5, 5.41) is 41.7. The van der Waals surface area contributed by atoms with E-state index in [9.17, 15) is 14.6 Å². The molecule has 0 aliphatic heterocycles. The summed E-state index contributed by atoms with van der Waals surface area (Å²) in [7, 11) is 0. The van der Waals surface area contributed by atoms with E-state index in [0.29, 0.717) is 0 Å². The van der Waals surface area contributed by atoms with Crippen molar-refractivity contribution in [3.05, 3.63) is 35.1 Å². The van der Waals surface area contributed by atoms with Crippen LogP contribution in [0.4, 0.5) is 10.2 Å². The Balaban J connectivity index is 1.53. The van der Waals surface area contributed by atoms with E-state index in [1.807, 2.05) is 0 Å². The quantitative estimate of drug-likeness (QED) is 0.231. The van der Waals surface area contributed by atoms with Crippen molar-refractivity contribution in [2.75, 3.05) is 24.2 Å². The predicted octanol–water partition coefficient (Wildman–Crippen LogP) is 2.18. The Bertz CT molecular complexity index is 1490. The van der Waals surface area contributed by atoms with Gasteiger partial charge in [0.05, 0.1) is 29.5 Å². The fourth-order valence-corrected chi connectivity index (χ4v) is 4.79. The average molecular weight is 525 g/mol. The summed E-state index contributed by atoms with van der Waals surface area (Å²) in [5.41, 5.74) is -1.84. The van der Waals surface area contributed by atoms with Crippen molar-refractivity contribution < 1.29 is 32.7 Å². The van der Waals surface area contributed by atoms with Gasteiger partial charge in [-0.25, -0.2) is 19.0 Å². The number of nitrogens with one attached hydrogen (secondary N) is 1. The number of aromatic nitrogens is 5. The molecule has 2 saturated carbocycles. The molecule has 12 heteroatoms. The maximum absolute atomic E-state index is 14.7. The number of hydrogen-bond acceptors (Lipinski definition) is 10. The summed E-state index contributed by atoms with van der Waals surface area (Å²) in [6.45, 7) is 2.67. The third kappa shape index (κ3) is 4.92. The van der Waals surface area contributed by atoms with Crippen molar-refractivity contribution in [3.8, 4) is 0 Å². The van der Waals surface area contributed by atoms with Gasteiger partial charge in [0.1, 0.15) is 18.0 Å². The van der Waals surface area contributed by atoms with Crippen LogP contribution < -0.4 is 5.32 Å². The van der Waals surface area contributed by atoms with Crippen LogP contribution in [0.2, 0.25) is 0 Å². The van der Waals surface area contributed by atoms with E-state index >= 15 is 0 Å². The Morgan fingerprint density at radius 3 is 2.94 bits per heavy atom.